The van der Waals surface area contributed by atoms with Crippen molar-refractivity contribution in [2.75, 3.05) is 0 Å². The molecule has 1 aromatic heterocycles. The lowest BCUT2D eigenvalue weighted by Gasteiger charge is -2.03. The van der Waals surface area contributed by atoms with Crippen LogP contribution in [0.5, 0.6) is 0 Å². The van der Waals surface area contributed by atoms with Gasteiger partial charge in [-0.25, -0.2) is 9.37 Å². The molecule has 0 spiro atoms. The molecule has 2 aromatic rings. The van der Waals surface area contributed by atoms with Crippen LogP contribution in [0.2, 0.25) is 0 Å². The van der Waals surface area contributed by atoms with Gasteiger partial charge < -0.3 is 4.98 Å². The van der Waals surface area contributed by atoms with Crippen molar-refractivity contribution in [3.05, 3.63) is 42.1 Å². The molecule has 2 nitrogen and oxygen atoms in total. The van der Waals surface area contributed by atoms with Gasteiger partial charge in [0.25, 0.3) is 0 Å². The van der Waals surface area contributed by atoms with E-state index in [2.05, 4.69) is 9.97 Å². The fraction of sp³-hybridized carbons (Fsp3) is 0.100. The number of benzene rings is 1. The second-order valence-corrected chi connectivity index (χ2v) is 2.90. The molecule has 1 N–H and O–H groups in total. The van der Waals surface area contributed by atoms with E-state index < -0.39 is 0 Å². The Kier molecular flexibility index (Phi) is 1.85. The molecular weight excluding hydrogens is 167 g/mol. The predicted octanol–water partition coefficient (Wildman–Crippen LogP) is 2.52. The fourth-order valence-electron chi connectivity index (χ4n) is 1.37. The molecule has 0 saturated heterocycles. The van der Waals surface area contributed by atoms with Gasteiger partial charge in [0.05, 0.1) is 18.2 Å². The minimum atomic E-state index is -0.218. The smallest absolute Gasteiger partial charge is 0.132 e. The van der Waals surface area contributed by atoms with Crippen LogP contribution >= 0.6 is 0 Å². The third kappa shape index (κ3) is 1.33. The Bertz CT molecular complexity index is 387. The zero-order valence-electron chi connectivity index (χ0n) is 7.21. The van der Waals surface area contributed by atoms with Crippen LogP contribution in [0.15, 0.2) is 30.7 Å². The number of aromatic nitrogens is 2. The third-order valence-electron chi connectivity index (χ3n) is 1.99. The van der Waals surface area contributed by atoms with Crippen LogP contribution < -0.4 is 0 Å². The Balaban J connectivity index is 2.64. The summed E-state index contributed by atoms with van der Waals surface area (Å²) in [6, 6.07) is 5.02. The molecule has 0 unspecified atom stereocenters. The van der Waals surface area contributed by atoms with Gasteiger partial charge in [-0.15, -0.1) is 0 Å². The van der Waals surface area contributed by atoms with Crippen LogP contribution in [0.25, 0.3) is 11.3 Å². The molecule has 0 bridgehead atoms. The lowest BCUT2D eigenvalue weighted by atomic mass is 10.1. The van der Waals surface area contributed by atoms with Gasteiger partial charge in [0.15, 0.2) is 0 Å². The van der Waals surface area contributed by atoms with Crippen LogP contribution in [0, 0.1) is 12.7 Å². The van der Waals surface area contributed by atoms with E-state index in [1.807, 2.05) is 13.0 Å². The lowest BCUT2D eigenvalue weighted by Crippen LogP contribution is -1.87. The predicted molar refractivity (Wildman–Crippen MR) is 48.7 cm³/mol. The average Bonchev–Trinajstić information content (AvgIpc) is 2.57. The van der Waals surface area contributed by atoms with Crippen LogP contribution in [-0.4, -0.2) is 9.97 Å². The summed E-state index contributed by atoms with van der Waals surface area (Å²) in [5, 5.41) is 0. The second kappa shape index (κ2) is 3.01. The number of H-pyrrole nitrogens is 1. The molecule has 3 heteroatoms. The van der Waals surface area contributed by atoms with Crippen LogP contribution in [-0.2, 0) is 0 Å². The number of nitrogens with one attached hydrogen (secondary N) is 1. The normalized spacial score (nSPS) is 10.3. The minimum Gasteiger partial charge on any atom is -0.345 e. The molecule has 0 atom stereocenters. The molecule has 0 aliphatic rings. The number of rotatable bonds is 1. The first-order valence-corrected chi connectivity index (χ1v) is 4.03. The highest BCUT2D eigenvalue weighted by Gasteiger charge is 2.07. The first-order chi connectivity index (χ1) is 6.29. The van der Waals surface area contributed by atoms with Crippen molar-refractivity contribution >= 4 is 0 Å². The maximum Gasteiger partial charge on any atom is 0.132 e. The Labute approximate surface area is 75.4 Å². The van der Waals surface area contributed by atoms with Gasteiger partial charge in [0.2, 0.25) is 0 Å². The van der Waals surface area contributed by atoms with E-state index in [1.165, 1.54) is 6.07 Å². The first kappa shape index (κ1) is 7.98. The van der Waals surface area contributed by atoms with E-state index >= 15 is 0 Å². The molecular formula is C10H9FN2. The number of imidazole rings is 1. The van der Waals surface area contributed by atoms with Crippen molar-refractivity contribution in [2.24, 2.45) is 0 Å². The molecule has 0 aliphatic heterocycles. The number of halogens is 1. The number of nitrogens with zero attached hydrogens (tertiary/aromatic N) is 1. The summed E-state index contributed by atoms with van der Waals surface area (Å²) in [4.78, 5) is 6.74. The molecule has 0 saturated carbocycles. The second-order valence-electron chi connectivity index (χ2n) is 2.90. The van der Waals surface area contributed by atoms with Crippen molar-refractivity contribution in [1.29, 1.82) is 0 Å². The summed E-state index contributed by atoms with van der Waals surface area (Å²) in [7, 11) is 0. The summed E-state index contributed by atoms with van der Waals surface area (Å²) in [5.41, 5.74) is 2.22. The summed E-state index contributed by atoms with van der Waals surface area (Å²) in [6.45, 7) is 1.87. The van der Waals surface area contributed by atoms with Crippen LogP contribution in [0.3, 0.4) is 0 Å². The van der Waals surface area contributed by atoms with Gasteiger partial charge >= 0.3 is 0 Å². The van der Waals surface area contributed by atoms with E-state index in [-0.39, 0.29) is 5.82 Å². The molecule has 0 radical (unpaired) electrons. The molecule has 1 heterocycles. The zero-order chi connectivity index (χ0) is 9.26. The molecule has 2 rings (SSSR count). The Morgan fingerprint density at radius 1 is 1.38 bits per heavy atom. The summed E-state index contributed by atoms with van der Waals surface area (Å²) in [5.74, 6) is -0.218. The summed E-state index contributed by atoms with van der Waals surface area (Å²) < 4.78 is 13.4. The van der Waals surface area contributed by atoms with Gasteiger partial charge in [-0.1, -0.05) is 12.1 Å². The van der Waals surface area contributed by atoms with E-state index in [1.54, 1.807) is 18.6 Å². The van der Waals surface area contributed by atoms with E-state index in [9.17, 15) is 4.39 Å². The molecule has 1 aromatic carbocycles. The zero-order valence-corrected chi connectivity index (χ0v) is 7.21. The third-order valence-corrected chi connectivity index (χ3v) is 1.99. The molecule has 0 fully saturated rings. The highest BCUT2D eigenvalue weighted by Crippen LogP contribution is 2.23. The van der Waals surface area contributed by atoms with Gasteiger partial charge in [0, 0.05) is 5.56 Å². The van der Waals surface area contributed by atoms with E-state index in [4.69, 9.17) is 0 Å². The molecule has 0 aliphatic carbocycles. The van der Waals surface area contributed by atoms with Crippen molar-refractivity contribution in [3.8, 4) is 11.3 Å². The Morgan fingerprint density at radius 3 is 2.85 bits per heavy atom. The standard InChI is InChI=1S/C10H9FN2/c1-7-3-2-4-8(11)10(7)9-5-12-6-13-9/h2-6H,1H3,(H,12,13). The average molecular weight is 176 g/mol. The first-order valence-electron chi connectivity index (χ1n) is 4.03. The molecule has 0 amide bonds. The van der Waals surface area contributed by atoms with Crippen molar-refractivity contribution in [1.82, 2.24) is 9.97 Å². The number of aromatic amines is 1. The van der Waals surface area contributed by atoms with Crippen molar-refractivity contribution in [3.63, 3.8) is 0 Å². The van der Waals surface area contributed by atoms with Crippen LogP contribution in [0.4, 0.5) is 4.39 Å². The fourth-order valence-corrected chi connectivity index (χ4v) is 1.37. The highest BCUT2D eigenvalue weighted by atomic mass is 19.1. The van der Waals surface area contributed by atoms with Crippen molar-refractivity contribution < 1.29 is 4.39 Å². The SMILES string of the molecule is Cc1cccc(F)c1-c1cnc[nH]1. The van der Waals surface area contributed by atoms with Gasteiger partial charge in [-0.05, 0) is 18.6 Å². The largest absolute Gasteiger partial charge is 0.345 e. The lowest BCUT2D eigenvalue weighted by molar-refractivity contribution is 0.630. The van der Waals surface area contributed by atoms with Gasteiger partial charge in [-0.2, -0.15) is 0 Å². The molecule has 66 valence electrons. The maximum absolute atomic E-state index is 13.4. The number of aryl methyl sites for hydroxylation is 1. The summed E-state index contributed by atoms with van der Waals surface area (Å²) >= 11 is 0. The maximum atomic E-state index is 13.4. The van der Waals surface area contributed by atoms with Gasteiger partial charge in [0.1, 0.15) is 5.82 Å². The highest BCUT2D eigenvalue weighted by molar-refractivity contribution is 5.63. The number of hydrogen-bond donors (Lipinski definition) is 1. The molecule has 13 heavy (non-hydrogen) atoms. The summed E-state index contributed by atoms with van der Waals surface area (Å²) in [6.07, 6.45) is 3.16. The monoisotopic (exact) mass is 176 g/mol. The van der Waals surface area contributed by atoms with E-state index in [0.717, 1.165) is 11.3 Å². The van der Waals surface area contributed by atoms with Crippen LogP contribution in [0.1, 0.15) is 5.56 Å². The Hall–Kier alpha value is -1.64. The van der Waals surface area contributed by atoms with Crippen molar-refractivity contribution in [2.45, 2.75) is 6.92 Å². The van der Waals surface area contributed by atoms with Gasteiger partial charge in [-0.3, -0.25) is 0 Å². The quantitative estimate of drug-likeness (QED) is 0.710. The topological polar surface area (TPSA) is 28.7 Å². The van der Waals surface area contributed by atoms with E-state index in [0.29, 0.717) is 5.56 Å². The Morgan fingerprint density at radius 2 is 2.23 bits per heavy atom. The minimum absolute atomic E-state index is 0.218. The number of hydrogen-bond acceptors (Lipinski definition) is 1.